The van der Waals surface area contributed by atoms with E-state index < -0.39 is 0 Å². The van der Waals surface area contributed by atoms with Crippen LogP contribution >= 0.6 is 23.4 Å². The molecule has 6 rings (SSSR count). The van der Waals surface area contributed by atoms with Gasteiger partial charge < -0.3 is 10.2 Å². The Hall–Kier alpha value is -3.87. The Kier molecular flexibility index (Phi) is 10.0. The Morgan fingerprint density at radius 2 is 1.69 bits per heavy atom. The van der Waals surface area contributed by atoms with Crippen LogP contribution < -0.4 is 10.2 Å². The van der Waals surface area contributed by atoms with E-state index >= 15 is 0 Å². The lowest BCUT2D eigenvalue weighted by Gasteiger charge is -2.30. The van der Waals surface area contributed by atoms with Crippen LogP contribution in [0.25, 0.3) is 6.08 Å². The molecule has 4 aromatic rings. The summed E-state index contributed by atoms with van der Waals surface area (Å²) in [5.41, 5.74) is 4.15. The molecular weight excluding hydrogens is 603 g/mol. The van der Waals surface area contributed by atoms with Crippen molar-refractivity contribution >= 4 is 46.9 Å². The number of benzene rings is 4. The van der Waals surface area contributed by atoms with Crippen LogP contribution in [0.1, 0.15) is 71.5 Å². The maximum atomic E-state index is 14.2. The topological polar surface area (TPSA) is 49.4 Å². The maximum Gasteiger partial charge on any atom is 0.265 e. The van der Waals surface area contributed by atoms with Gasteiger partial charge in [-0.2, -0.15) is 0 Å². The molecule has 45 heavy (non-hydrogen) atoms. The molecule has 1 N–H and O–H groups in total. The standard InChI is InChI=1S/C38H36ClFN2O2S/c39-31-9-5-7-28(23-31)25-42-34-12-3-4-13-35(34)45-36(38(42)44)24-27-16-20-30(21-17-27)37(43)41-22-6-8-26-14-18-29(19-15-26)32-10-1-2-11-33(32)40/h1-5,7,9-13,16-17,20-21,23-24,26,29H,6,8,14-15,18-19,22,25H2,(H,41,43)/b36-24+. The number of rotatable bonds is 9. The molecule has 0 aromatic heterocycles. The van der Waals surface area contributed by atoms with Crippen molar-refractivity contribution < 1.29 is 14.0 Å². The van der Waals surface area contributed by atoms with E-state index in [9.17, 15) is 14.0 Å². The summed E-state index contributed by atoms with van der Waals surface area (Å²) < 4.78 is 14.2. The lowest BCUT2D eigenvalue weighted by atomic mass is 9.77. The second-order valence-corrected chi connectivity index (χ2v) is 13.4. The van der Waals surface area contributed by atoms with Crippen molar-refractivity contribution in [2.24, 2.45) is 5.92 Å². The fourth-order valence-electron chi connectivity index (χ4n) is 6.38. The quantitative estimate of drug-likeness (QED) is 0.147. The predicted molar refractivity (Wildman–Crippen MR) is 182 cm³/mol. The smallest absolute Gasteiger partial charge is 0.265 e. The molecule has 7 heteroatoms. The molecule has 0 unspecified atom stereocenters. The SMILES string of the molecule is O=C(NCCCC1CCC(c2ccccc2F)CC1)c1ccc(/C=C2/Sc3ccccc3N(Cc3cccc(Cl)c3)C2=O)cc1. The zero-order valence-electron chi connectivity index (χ0n) is 25.1. The first-order chi connectivity index (χ1) is 21.9. The molecule has 1 aliphatic carbocycles. The first-order valence-electron chi connectivity index (χ1n) is 15.6. The number of halogens is 2. The van der Waals surface area contributed by atoms with Crippen molar-refractivity contribution in [3.05, 3.63) is 135 Å². The minimum absolute atomic E-state index is 0.0683. The Labute approximate surface area is 273 Å². The number of hydrogen-bond acceptors (Lipinski definition) is 3. The van der Waals surface area contributed by atoms with Gasteiger partial charge in [-0.25, -0.2) is 4.39 Å². The number of hydrogen-bond donors (Lipinski definition) is 1. The van der Waals surface area contributed by atoms with E-state index in [0.29, 0.717) is 40.4 Å². The van der Waals surface area contributed by atoms with Gasteiger partial charge in [-0.1, -0.05) is 78.0 Å². The number of thioether (sulfide) groups is 1. The van der Waals surface area contributed by atoms with Crippen molar-refractivity contribution in [3.63, 3.8) is 0 Å². The second-order valence-electron chi connectivity index (χ2n) is 11.9. The fraction of sp³-hybridized carbons (Fsp3) is 0.263. The number of para-hydroxylation sites is 1. The molecule has 1 fully saturated rings. The largest absolute Gasteiger partial charge is 0.352 e. The van der Waals surface area contributed by atoms with Gasteiger partial charge in [0, 0.05) is 22.0 Å². The molecule has 2 aliphatic rings. The highest BCUT2D eigenvalue weighted by atomic mass is 35.5. The van der Waals surface area contributed by atoms with E-state index in [1.54, 1.807) is 29.2 Å². The molecule has 0 radical (unpaired) electrons. The van der Waals surface area contributed by atoms with Gasteiger partial charge in [0.05, 0.1) is 17.1 Å². The number of fused-ring (bicyclic) bond motifs is 1. The highest BCUT2D eigenvalue weighted by molar-refractivity contribution is 8.04. The summed E-state index contributed by atoms with van der Waals surface area (Å²) in [4.78, 5) is 29.9. The average molecular weight is 639 g/mol. The number of carbonyl (C=O) groups is 2. The third-order valence-corrected chi connectivity index (χ3v) is 10.1. The molecule has 0 atom stereocenters. The monoisotopic (exact) mass is 638 g/mol. The number of amides is 2. The Morgan fingerprint density at radius 1 is 0.933 bits per heavy atom. The van der Waals surface area contributed by atoms with Gasteiger partial charge in [-0.15, -0.1) is 0 Å². The summed E-state index contributed by atoms with van der Waals surface area (Å²) in [6.07, 6.45) is 8.14. The van der Waals surface area contributed by atoms with Crippen LogP contribution in [0.5, 0.6) is 0 Å². The minimum atomic E-state index is -0.0952. The lowest BCUT2D eigenvalue weighted by Crippen LogP contribution is -2.33. The Balaban J connectivity index is 1.01. The zero-order chi connectivity index (χ0) is 31.2. The summed E-state index contributed by atoms with van der Waals surface area (Å²) in [5, 5.41) is 3.69. The molecule has 4 aromatic carbocycles. The van der Waals surface area contributed by atoms with Gasteiger partial charge in [0.2, 0.25) is 0 Å². The van der Waals surface area contributed by atoms with Crippen LogP contribution in [0, 0.1) is 11.7 Å². The third-order valence-electron chi connectivity index (χ3n) is 8.80. The molecule has 1 saturated carbocycles. The van der Waals surface area contributed by atoms with E-state index in [2.05, 4.69) is 5.32 Å². The number of nitrogens with zero attached hydrogens (tertiary/aromatic N) is 1. The normalized spacial score (nSPS) is 18.9. The van der Waals surface area contributed by atoms with E-state index in [1.807, 2.05) is 78.9 Å². The maximum absolute atomic E-state index is 14.2. The number of carbonyl (C=O) groups excluding carboxylic acids is 2. The minimum Gasteiger partial charge on any atom is -0.352 e. The van der Waals surface area contributed by atoms with Crippen LogP contribution in [0.4, 0.5) is 10.1 Å². The van der Waals surface area contributed by atoms with Crippen LogP contribution in [-0.2, 0) is 11.3 Å². The van der Waals surface area contributed by atoms with Crippen LogP contribution in [0.2, 0.25) is 5.02 Å². The van der Waals surface area contributed by atoms with Gasteiger partial charge in [0.25, 0.3) is 11.8 Å². The number of anilines is 1. The Morgan fingerprint density at radius 3 is 2.47 bits per heavy atom. The first kappa shape index (κ1) is 31.1. The number of nitrogens with one attached hydrogen (secondary N) is 1. The highest BCUT2D eigenvalue weighted by Crippen LogP contribution is 2.43. The van der Waals surface area contributed by atoms with Crippen molar-refractivity contribution in [3.8, 4) is 0 Å². The van der Waals surface area contributed by atoms with Gasteiger partial charge in [-0.3, -0.25) is 9.59 Å². The molecule has 1 heterocycles. The predicted octanol–water partition coefficient (Wildman–Crippen LogP) is 9.64. The molecule has 4 nitrogen and oxygen atoms in total. The molecule has 0 saturated heterocycles. The van der Waals surface area contributed by atoms with E-state index in [1.165, 1.54) is 11.8 Å². The highest BCUT2D eigenvalue weighted by Gasteiger charge is 2.29. The fourth-order valence-corrected chi connectivity index (χ4v) is 7.65. The average Bonchev–Trinajstić information content (AvgIpc) is 3.06. The van der Waals surface area contributed by atoms with Crippen LogP contribution in [0.15, 0.2) is 107 Å². The van der Waals surface area contributed by atoms with E-state index in [0.717, 1.165) is 65.8 Å². The summed E-state index contributed by atoms with van der Waals surface area (Å²) in [6, 6.07) is 30.0. The third kappa shape index (κ3) is 7.69. The molecule has 0 bridgehead atoms. The summed E-state index contributed by atoms with van der Waals surface area (Å²) in [7, 11) is 0. The van der Waals surface area contributed by atoms with Crippen LogP contribution in [0.3, 0.4) is 0 Å². The summed E-state index contributed by atoms with van der Waals surface area (Å²) in [5.74, 6) is 0.700. The first-order valence-corrected chi connectivity index (χ1v) is 16.8. The van der Waals surface area contributed by atoms with Gasteiger partial charge in [-0.05, 0) is 116 Å². The van der Waals surface area contributed by atoms with Gasteiger partial charge >= 0.3 is 0 Å². The summed E-state index contributed by atoms with van der Waals surface area (Å²) >= 11 is 7.67. The molecule has 230 valence electrons. The van der Waals surface area contributed by atoms with Crippen molar-refractivity contribution in [2.75, 3.05) is 11.4 Å². The molecule has 1 aliphatic heterocycles. The van der Waals surface area contributed by atoms with Crippen LogP contribution in [-0.4, -0.2) is 18.4 Å². The van der Waals surface area contributed by atoms with Gasteiger partial charge in [0.15, 0.2) is 0 Å². The van der Waals surface area contributed by atoms with E-state index in [-0.39, 0.29) is 17.6 Å². The lowest BCUT2D eigenvalue weighted by molar-refractivity contribution is -0.114. The van der Waals surface area contributed by atoms with Gasteiger partial charge in [0.1, 0.15) is 5.82 Å². The molecule has 2 amide bonds. The van der Waals surface area contributed by atoms with Crippen molar-refractivity contribution in [1.29, 1.82) is 0 Å². The molecule has 0 spiro atoms. The summed E-state index contributed by atoms with van der Waals surface area (Å²) in [6.45, 7) is 1.05. The zero-order valence-corrected chi connectivity index (χ0v) is 26.6. The van der Waals surface area contributed by atoms with Crippen molar-refractivity contribution in [2.45, 2.75) is 55.9 Å². The van der Waals surface area contributed by atoms with E-state index in [4.69, 9.17) is 11.6 Å². The molecular formula is C38H36ClFN2O2S. The second kappa shape index (κ2) is 14.5. The Bertz CT molecular complexity index is 1700. The van der Waals surface area contributed by atoms with Crippen molar-refractivity contribution in [1.82, 2.24) is 5.32 Å².